The van der Waals surface area contributed by atoms with Crippen LogP contribution >= 0.6 is 33.8 Å². The quantitative estimate of drug-likeness (QED) is 0.502. The summed E-state index contributed by atoms with van der Waals surface area (Å²) in [4.78, 5) is 4.56. The van der Waals surface area contributed by atoms with Crippen molar-refractivity contribution in [1.82, 2.24) is 0 Å². The van der Waals surface area contributed by atoms with Crippen LogP contribution in [0, 0.1) is 0 Å². The van der Waals surface area contributed by atoms with Crippen molar-refractivity contribution in [2.45, 2.75) is 5.25 Å². The predicted octanol–water partition coefficient (Wildman–Crippen LogP) is 1.56. The lowest BCUT2D eigenvalue weighted by atomic mass is 10.1. The second-order valence-corrected chi connectivity index (χ2v) is 6.31. The van der Waals surface area contributed by atoms with Gasteiger partial charge in [0.2, 0.25) is 0 Å². The molecule has 0 radical (unpaired) electrons. The summed E-state index contributed by atoms with van der Waals surface area (Å²) in [5, 5.41) is 2.83. The van der Waals surface area contributed by atoms with E-state index >= 15 is 0 Å². The van der Waals surface area contributed by atoms with Crippen LogP contribution in [0.2, 0.25) is 0 Å². The maximum Gasteiger partial charge on any atom is 0.0864 e. The molecule has 1 saturated heterocycles. The van der Waals surface area contributed by atoms with E-state index in [1.165, 1.54) is 10.8 Å². The molecule has 2 heterocycles. The molecule has 0 amide bonds. The van der Waals surface area contributed by atoms with Crippen LogP contribution in [0.4, 0.5) is 0 Å². The van der Waals surface area contributed by atoms with Gasteiger partial charge in [-0.1, -0.05) is 41.2 Å². The molecule has 0 spiro atoms. The molecule has 2 aliphatic heterocycles. The van der Waals surface area contributed by atoms with E-state index in [4.69, 9.17) is 12.2 Å². The Balaban J connectivity index is 2.43. The molecule has 0 N–H and O–H groups in total. The summed E-state index contributed by atoms with van der Waals surface area (Å²) < 4.78 is 1.04. The van der Waals surface area contributed by atoms with Crippen molar-refractivity contribution in [2.75, 3.05) is 6.54 Å². The first-order valence-corrected chi connectivity index (χ1v) is 7.00. The zero-order chi connectivity index (χ0) is 9.54. The van der Waals surface area contributed by atoms with E-state index in [1.54, 1.807) is 10.8 Å². The summed E-state index contributed by atoms with van der Waals surface area (Å²) in [5.41, 5.74) is 1.33. The molecule has 1 fully saturated rings. The van der Waals surface area contributed by atoms with Crippen molar-refractivity contribution in [3.8, 4) is 0 Å². The largest absolute Gasteiger partial charge is 0.283 e. The Bertz CT molecular complexity index is 520. The molecule has 4 heteroatoms. The fourth-order valence-electron chi connectivity index (χ4n) is 1.75. The maximum atomic E-state index is 5.36. The number of hydrogen-bond acceptors (Lipinski definition) is 4. The maximum absolute atomic E-state index is 5.36. The molecule has 1 aromatic rings. The van der Waals surface area contributed by atoms with Crippen molar-refractivity contribution in [1.29, 1.82) is 0 Å². The van der Waals surface area contributed by atoms with Crippen molar-refractivity contribution >= 4 is 43.6 Å². The molecular weight excluding hydrogens is 230 g/mol. The van der Waals surface area contributed by atoms with Gasteiger partial charge in [-0.2, -0.15) is 0 Å². The highest BCUT2D eigenvalue weighted by atomic mass is 33.1. The van der Waals surface area contributed by atoms with Crippen molar-refractivity contribution in [3.05, 3.63) is 34.8 Å². The van der Waals surface area contributed by atoms with Gasteiger partial charge >= 0.3 is 0 Å². The molecule has 1 nitrogen and oxygen atoms in total. The van der Waals surface area contributed by atoms with Gasteiger partial charge in [-0.05, 0) is 16.9 Å². The highest BCUT2D eigenvalue weighted by molar-refractivity contribution is 8.85. The molecule has 1 atom stereocenters. The zero-order valence-corrected chi connectivity index (χ0v) is 9.72. The van der Waals surface area contributed by atoms with E-state index in [1.807, 2.05) is 16.9 Å². The lowest BCUT2D eigenvalue weighted by molar-refractivity contribution is 0.968. The topological polar surface area (TPSA) is 12.4 Å². The van der Waals surface area contributed by atoms with Gasteiger partial charge in [0.25, 0.3) is 0 Å². The Morgan fingerprint density at radius 2 is 2.21 bits per heavy atom. The summed E-state index contributed by atoms with van der Waals surface area (Å²) >= 11 is 5.36. The fourth-order valence-corrected chi connectivity index (χ4v) is 4.88. The first kappa shape index (κ1) is 8.95. The standard InChI is InChI=1S/C10H7NS3/c12-10-9-6-3-1-2-4-7(6)11-5-8(9)13-14-10/h1-4,8H,5H2. The van der Waals surface area contributed by atoms with Crippen molar-refractivity contribution < 1.29 is 0 Å². The predicted molar refractivity (Wildman–Crippen MR) is 67.1 cm³/mol. The van der Waals surface area contributed by atoms with Gasteiger partial charge in [0.05, 0.1) is 21.3 Å². The zero-order valence-electron chi connectivity index (χ0n) is 7.27. The summed E-state index contributed by atoms with van der Waals surface area (Å²) in [6.07, 6.45) is 0. The van der Waals surface area contributed by atoms with Crippen molar-refractivity contribution in [3.63, 3.8) is 0 Å². The van der Waals surface area contributed by atoms with Gasteiger partial charge < -0.3 is 0 Å². The van der Waals surface area contributed by atoms with E-state index < -0.39 is 0 Å². The highest BCUT2D eigenvalue weighted by Crippen LogP contribution is 2.44. The summed E-state index contributed by atoms with van der Waals surface area (Å²) in [5.74, 6) is 0. The molecule has 0 aliphatic carbocycles. The van der Waals surface area contributed by atoms with E-state index in [0.29, 0.717) is 5.25 Å². The summed E-state index contributed by atoms with van der Waals surface area (Å²) in [6.45, 7) is 0.879. The van der Waals surface area contributed by atoms with Crippen LogP contribution in [0.15, 0.2) is 29.3 Å². The van der Waals surface area contributed by atoms with Gasteiger partial charge in [-0.3, -0.25) is 4.99 Å². The number of benzene rings is 1. The number of para-hydroxylation sites is 1. The Morgan fingerprint density at radius 1 is 1.36 bits per heavy atom. The lowest BCUT2D eigenvalue weighted by Crippen LogP contribution is -2.35. The first-order chi connectivity index (χ1) is 6.86. The van der Waals surface area contributed by atoms with E-state index in [2.05, 4.69) is 23.2 Å². The smallest absolute Gasteiger partial charge is 0.0864 e. The van der Waals surface area contributed by atoms with Crippen molar-refractivity contribution in [2.24, 2.45) is 4.99 Å². The molecule has 1 unspecified atom stereocenters. The normalized spacial score (nSPS) is 24.1. The summed E-state index contributed by atoms with van der Waals surface area (Å²) in [6, 6.07) is 8.27. The van der Waals surface area contributed by atoms with Gasteiger partial charge in [0, 0.05) is 10.8 Å². The van der Waals surface area contributed by atoms with Crippen LogP contribution in [-0.2, 0) is 0 Å². The molecule has 1 aromatic carbocycles. The monoisotopic (exact) mass is 237 g/mol. The van der Waals surface area contributed by atoms with Gasteiger partial charge in [0.1, 0.15) is 0 Å². The third kappa shape index (κ3) is 1.25. The van der Waals surface area contributed by atoms with Gasteiger partial charge in [-0.15, -0.1) is 0 Å². The third-order valence-electron chi connectivity index (χ3n) is 2.40. The number of rotatable bonds is 0. The Morgan fingerprint density at radius 3 is 3.14 bits per heavy atom. The van der Waals surface area contributed by atoms with Crippen LogP contribution < -0.4 is 10.6 Å². The molecule has 0 saturated carbocycles. The average Bonchev–Trinajstić information content (AvgIpc) is 2.61. The van der Waals surface area contributed by atoms with E-state index in [9.17, 15) is 0 Å². The number of thiocarbonyl (C=S) groups is 1. The molecule has 70 valence electrons. The minimum absolute atomic E-state index is 0.488. The number of hydrogen-bond donors (Lipinski definition) is 0. The minimum Gasteiger partial charge on any atom is -0.283 e. The van der Waals surface area contributed by atoms with E-state index in [-0.39, 0.29) is 0 Å². The molecular formula is C10H7NS3. The summed E-state index contributed by atoms with van der Waals surface area (Å²) in [7, 11) is 3.56. The highest BCUT2D eigenvalue weighted by Gasteiger charge is 2.29. The minimum atomic E-state index is 0.488. The lowest BCUT2D eigenvalue weighted by Gasteiger charge is -2.11. The Labute approximate surface area is 95.1 Å². The second-order valence-electron chi connectivity index (χ2n) is 3.23. The Hall–Kier alpha value is -0.320. The second kappa shape index (κ2) is 3.36. The van der Waals surface area contributed by atoms with Crippen LogP contribution in [0.1, 0.15) is 0 Å². The van der Waals surface area contributed by atoms with Crippen LogP contribution in [0.25, 0.3) is 5.57 Å². The number of fused-ring (bicyclic) bond motifs is 2. The Kier molecular flexibility index (Phi) is 2.15. The van der Waals surface area contributed by atoms with Crippen LogP contribution in [0.5, 0.6) is 0 Å². The van der Waals surface area contributed by atoms with E-state index in [0.717, 1.165) is 16.1 Å². The molecule has 3 rings (SSSR count). The fraction of sp³-hybridized carbons (Fsp3) is 0.200. The molecule has 2 aliphatic rings. The van der Waals surface area contributed by atoms with Crippen LogP contribution in [-0.4, -0.2) is 16.0 Å². The molecule has 0 aromatic heterocycles. The van der Waals surface area contributed by atoms with Crippen LogP contribution in [0.3, 0.4) is 0 Å². The van der Waals surface area contributed by atoms with Gasteiger partial charge in [-0.25, -0.2) is 0 Å². The molecule has 14 heavy (non-hydrogen) atoms. The third-order valence-corrected chi connectivity index (χ3v) is 5.76. The SMILES string of the molecule is S=C1SSC2CN=c3ccccc3=C12. The average molecular weight is 237 g/mol. The van der Waals surface area contributed by atoms with Gasteiger partial charge in [0.15, 0.2) is 0 Å². The number of nitrogens with zero attached hydrogens (tertiary/aromatic N) is 1. The first-order valence-electron chi connectivity index (χ1n) is 4.37. The molecule has 0 bridgehead atoms.